The zero-order valence-electron chi connectivity index (χ0n) is 7.83. The van der Waals surface area contributed by atoms with Crippen molar-refractivity contribution in [3.63, 3.8) is 0 Å². The Morgan fingerprint density at radius 1 is 1.27 bits per heavy atom. The van der Waals surface area contributed by atoms with Gasteiger partial charge in [0.15, 0.2) is 0 Å². The molecule has 0 radical (unpaired) electrons. The van der Waals surface area contributed by atoms with Gasteiger partial charge in [-0.2, -0.15) is 0 Å². The predicted molar refractivity (Wildman–Crippen MR) is 53.5 cm³/mol. The summed E-state index contributed by atoms with van der Waals surface area (Å²) in [4.78, 5) is 27.9. The number of hydrogen-bond donors (Lipinski definition) is 3. The van der Waals surface area contributed by atoms with Crippen LogP contribution in [0.15, 0.2) is 24.3 Å². The van der Waals surface area contributed by atoms with Gasteiger partial charge in [0.25, 0.3) is 0 Å². The minimum absolute atomic E-state index is 0.144. The van der Waals surface area contributed by atoms with Crippen LogP contribution < -0.4 is 0 Å². The van der Waals surface area contributed by atoms with Crippen molar-refractivity contribution in [3.8, 4) is 0 Å². The van der Waals surface area contributed by atoms with Gasteiger partial charge in [0.2, 0.25) is 0 Å². The quantitative estimate of drug-likeness (QED) is 0.670. The second-order valence-electron chi connectivity index (χ2n) is 3.21. The highest BCUT2D eigenvalue weighted by atomic mass is 31.2. The van der Waals surface area contributed by atoms with Gasteiger partial charge >= 0.3 is 13.6 Å². The van der Waals surface area contributed by atoms with Gasteiger partial charge < -0.3 is 14.9 Å². The van der Waals surface area contributed by atoms with Crippen LogP contribution in [0.1, 0.15) is 11.1 Å². The van der Waals surface area contributed by atoms with Crippen LogP contribution in [0.2, 0.25) is 0 Å². The summed E-state index contributed by atoms with van der Waals surface area (Å²) in [6.45, 7) is 0. The maximum atomic E-state index is 10.7. The van der Waals surface area contributed by atoms with Gasteiger partial charge in [-0.15, -0.1) is 0 Å². The number of carboxylic acid groups (broad SMARTS) is 1. The summed E-state index contributed by atoms with van der Waals surface area (Å²) in [5, 5.41) is 8.54. The lowest BCUT2D eigenvalue weighted by Gasteiger charge is -2.05. The summed E-state index contributed by atoms with van der Waals surface area (Å²) in [7, 11) is -4.09. The van der Waals surface area contributed by atoms with E-state index in [2.05, 4.69) is 0 Å². The van der Waals surface area contributed by atoms with E-state index in [1.54, 1.807) is 18.2 Å². The van der Waals surface area contributed by atoms with Gasteiger partial charge in [0, 0.05) is 0 Å². The summed E-state index contributed by atoms with van der Waals surface area (Å²) >= 11 is 0. The van der Waals surface area contributed by atoms with Crippen molar-refractivity contribution >= 4 is 13.6 Å². The largest absolute Gasteiger partial charge is 0.481 e. The Hall–Kier alpha value is -1.16. The van der Waals surface area contributed by atoms with Gasteiger partial charge in [-0.3, -0.25) is 9.36 Å². The third kappa shape index (κ3) is 4.74. The number of carbonyl (C=O) groups is 1. The van der Waals surface area contributed by atoms with E-state index in [-0.39, 0.29) is 12.6 Å². The third-order valence-electron chi connectivity index (χ3n) is 1.74. The summed E-state index contributed by atoms with van der Waals surface area (Å²) < 4.78 is 10.7. The molecule has 0 aliphatic carbocycles. The molecule has 1 rings (SSSR count). The molecule has 0 aromatic heterocycles. The van der Waals surface area contributed by atoms with Crippen LogP contribution in [0.4, 0.5) is 0 Å². The maximum absolute atomic E-state index is 10.7. The van der Waals surface area contributed by atoms with E-state index >= 15 is 0 Å². The molecule has 0 atom stereocenters. The molecular weight excluding hydrogens is 219 g/mol. The molecule has 0 spiro atoms. The molecule has 6 heteroatoms. The molecule has 0 aliphatic rings. The van der Waals surface area contributed by atoms with E-state index in [0.717, 1.165) is 0 Å². The number of hydrogen-bond acceptors (Lipinski definition) is 2. The Bertz CT molecular complexity index is 409. The molecule has 0 fully saturated rings. The van der Waals surface area contributed by atoms with Crippen LogP contribution >= 0.6 is 7.60 Å². The van der Waals surface area contributed by atoms with E-state index in [1.165, 1.54) is 6.07 Å². The van der Waals surface area contributed by atoms with Crippen LogP contribution in [0.3, 0.4) is 0 Å². The monoisotopic (exact) mass is 230 g/mol. The van der Waals surface area contributed by atoms with Gasteiger partial charge in [-0.05, 0) is 11.1 Å². The Labute approximate surface area is 86.5 Å². The fourth-order valence-corrected chi connectivity index (χ4v) is 1.92. The fraction of sp³-hybridized carbons (Fsp3) is 0.222. The van der Waals surface area contributed by atoms with Crippen molar-refractivity contribution in [1.82, 2.24) is 0 Å². The minimum Gasteiger partial charge on any atom is -0.481 e. The summed E-state index contributed by atoms with van der Waals surface area (Å²) in [5.41, 5.74) is 0.982. The predicted octanol–water partition coefficient (Wildman–Crippen LogP) is 0.991. The average molecular weight is 230 g/mol. The van der Waals surface area contributed by atoms with E-state index in [4.69, 9.17) is 14.9 Å². The molecule has 82 valence electrons. The molecule has 0 amide bonds. The van der Waals surface area contributed by atoms with Crippen molar-refractivity contribution in [2.45, 2.75) is 12.6 Å². The SMILES string of the molecule is O=C(O)Cc1cccc(CP(=O)(O)O)c1. The number of benzene rings is 1. The highest BCUT2D eigenvalue weighted by molar-refractivity contribution is 7.50. The van der Waals surface area contributed by atoms with Crippen molar-refractivity contribution < 1.29 is 24.3 Å². The van der Waals surface area contributed by atoms with Crippen molar-refractivity contribution in [1.29, 1.82) is 0 Å². The first kappa shape index (κ1) is 11.9. The molecule has 0 unspecified atom stereocenters. The Morgan fingerprint density at radius 2 is 1.87 bits per heavy atom. The average Bonchev–Trinajstić information content (AvgIpc) is 1.99. The molecule has 0 aliphatic heterocycles. The second kappa shape index (κ2) is 4.57. The van der Waals surface area contributed by atoms with Crippen LogP contribution in [-0.2, 0) is 21.9 Å². The molecule has 0 heterocycles. The highest BCUT2D eigenvalue weighted by Gasteiger charge is 2.14. The van der Waals surface area contributed by atoms with Gasteiger partial charge in [-0.1, -0.05) is 24.3 Å². The number of carboxylic acids is 1. The zero-order chi connectivity index (χ0) is 11.5. The van der Waals surface area contributed by atoms with E-state index in [1.807, 2.05) is 0 Å². The highest BCUT2D eigenvalue weighted by Crippen LogP contribution is 2.39. The topological polar surface area (TPSA) is 94.8 Å². The lowest BCUT2D eigenvalue weighted by molar-refractivity contribution is -0.136. The van der Waals surface area contributed by atoms with Gasteiger partial charge in [-0.25, -0.2) is 0 Å². The molecular formula is C9H11O5P. The Kier molecular flexibility index (Phi) is 3.63. The van der Waals surface area contributed by atoms with Crippen LogP contribution in [0.25, 0.3) is 0 Å². The van der Waals surface area contributed by atoms with Crippen LogP contribution in [-0.4, -0.2) is 20.9 Å². The zero-order valence-corrected chi connectivity index (χ0v) is 8.72. The van der Waals surface area contributed by atoms with E-state index in [0.29, 0.717) is 11.1 Å². The first-order chi connectivity index (χ1) is 6.87. The Morgan fingerprint density at radius 3 is 2.40 bits per heavy atom. The summed E-state index contributed by atoms with van der Waals surface area (Å²) in [5.74, 6) is -0.969. The van der Waals surface area contributed by atoms with Crippen LogP contribution in [0.5, 0.6) is 0 Å². The molecule has 3 N–H and O–H groups in total. The number of rotatable bonds is 4. The van der Waals surface area contributed by atoms with Gasteiger partial charge in [0.1, 0.15) is 0 Å². The maximum Gasteiger partial charge on any atom is 0.329 e. The molecule has 0 saturated heterocycles. The van der Waals surface area contributed by atoms with Crippen molar-refractivity contribution in [2.75, 3.05) is 0 Å². The minimum atomic E-state index is -4.09. The smallest absolute Gasteiger partial charge is 0.329 e. The standard InChI is InChI=1S/C9H11O5P/c10-9(11)5-7-2-1-3-8(4-7)6-15(12,13)14/h1-4H,5-6H2,(H,10,11)(H2,12,13,14). The lowest BCUT2D eigenvalue weighted by atomic mass is 10.1. The first-order valence-electron chi connectivity index (χ1n) is 4.21. The van der Waals surface area contributed by atoms with Crippen molar-refractivity contribution in [2.24, 2.45) is 0 Å². The van der Waals surface area contributed by atoms with E-state index in [9.17, 15) is 9.36 Å². The molecule has 0 bridgehead atoms. The molecule has 1 aromatic carbocycles. The second-order valence-corrected chi connectivity index (χ2v) is 4.86. The lowest BCUT2D eigenvalue weighted by Crippen LogP contribution is -2.00. The molecule has 5 nitrogen and oxygen atoms in total. The first-order valence-corrected chi connectivity index (χ1v) is 6.01. The van der Waals surface area contributed by atoms with Crippen LogP contribution in [0, 0.1) is 0 Å². The summed E-state index contributed by atoms with van der Waals surface area (Å²) in [6.07, 6.45) is -0.505. The molecule has 1 aromatic rings. The normalized spacial score (nSPS) is 11.3. The molecule has 15 heavy (non-hydrogen) atoms. The van der Waals surface area contributed by atoms with Crippen molar-refractivity contribution in [3.05, 3.63) is 35.4 Å². The fourth-order valence-electron chi connectivity index (χ4n) is 1.25. The summed E-state index contributed by atoms with van der Waals surface area (Å²) in [6, 6.07) is 6.25. The third-order valence-corrected chi connectivity index (χ3v) is 2.51. The van der Waals surface area contributed by atoms with E-state index < -0.39 is 13.6 Å². The van der Waals surface area contributed by atoms with Gasteiger partial charge in [0.05, 0.1) is 12.6 Å². The Balaban J connectivity index is 2.83. The number of aliphatic carboxylic acids is 1. The molecule has 0 saturated carbocycles.